The fourth-order valence-corrected chi connectivity index (χ4v) is 2.98. The summed E-state index contributed by atoms with van der Waals surface area (Å²) in [5.74, 6) is 0. The minimum Gasteiger partial charge on any atom is -0.379 e. The van der Waals surface area contributed by atoms with Crippen LogP contribution in [0.15, 0.2) is 15.5 Å². The summed E-state index contributed by atoms with van der Waals surface area (Å²) in [4.78, 5) is 11.9. The Balaban J connectivity index is 2.25. The van der Waals surface area contributed by atoms with Gasteiger partial charge in [-0.2, -0.15) is 18.3 Å². The van der Waals surface area contributed by atoms with Gasteiger partial charge in [-0.1, -0.05) is 27.7 Å². The molecule has 1 saturated carbocycles. The molecule has 0 unspecified atom stereocenters. The van der Waals surface area contributed by atoms with Crippen LogP contribution < -0.4 is 10.9 Å². The molecule has 0 radical (unpaired) electrons. The van der Waals surface area contributed by atoms with Crippen LogP contribution >= 0.6 is 15.9 Å². The zero-order valence-electron chi connectivity index (χ0n) is 12.2. The molecule has 0 saturated heterocycles. The van der Waals surface area contributed by atoms with Crippen molar-refractivity contribution in [3.05, 3.63) is 21.0 Å². The van der Waals surface area contributed by atoms with E-state index in [1.54, 1.807) is 0 Å². The molecular formula is C13H17BrF3N3O. The van der Waals surface area contributed by atoms with Crippen molar-refractivity contribution in [2.24, 2.45) is 10.8 Å². The third-order valence-corrected chi connectivity index (χ3v) is 5.40. The van der Waals surface area contributed by atoms with Crippen LogP contribution in [-0.4, -0.2) is 22.0 Å². The van der Waals surface area contributed by atoms with E-state index in [4.69, 9.17) is 0 Å². The lowest BCUT2D eigenvalue weighted by atomic mass is 10.0. The quantitative estimate of drug-likeness (QED) is 0.890. The number of nitrogens with zero attached hydrogens (tertiary/aromatic N) is 2. The van der Waals surface area contributed by atoms with Gasteiger partial charge >= 0.3 is 6.18 Å². The predicted octanol–water partition coefficient (Wildman–Crippen LogP) is 3.41. The van der Waals surface area contributed by atoms with Crippen molar-refractivity contribution in [1.29, 1.82) is 0 Å². The van der Waals surface area contributed by atoms with Crippen LogP contribution in [0.25, 0.3) is 0 Å². The average Bonchev–Trinajstić information content (AvgIpc) is 2.69. The van der Waals surface area contributed by atoms with Gasteiger partial charge in [0.1, 0.15) is 11.0 Å². The number of nitrogens with one attached hydrogen (secondary N) is 1. The summed E-state index contributed by atoms with van der Waals surface area (Å²) in [5.41, 5.74) is -0.309. The Kier molecular flexibility index (Phi) is 3.67. The normalized spacial score (nSPS) is 20.4. The Morgan fingerprint density at radius 1 is 1.33 bits per heavy atom. The van der Waals surface area contributed by atoms with Crippen molar-refractivity contribution < 1.29 is 13.2 Å². The van der Waals surface area contributed by atoms with Gasteiger partial charge in [-0.15, -0.1) is 0 Å². The molecule has 1 heterocycles. The molecule has 1 N–H and O–H groups in total. The SMILES string of the molecule is CC1(C)C(Nc2cnn(CC(F)(F)F)c(=O)c2Br)C1(C)C. The largest absolute Gasteiger partial charge is 0.408 e. The van der Waals surface area contributed by atoms with E-state index in [1.165, 1.54) is 6.20 Å². The lowest BCUT2D eigenvalue weighted by Crippen LogP contribution is -2.31. The maximum absolute atomic E-state index is 12.3. The lowest BCUT2D eigenvalue weighted by Gasteiger charge is -2.13. The molecule has 1 aromatic heterocycles. The Hall–Kier alpha value is -1.05. The maximum atomic E-state index is 12.3. The molecule has 0 atom stereocenters. The van der Waals surface area contributed by atoms with Gasteiger partial charge in [0, 0.05) is 6.04 Å². The summed E-state index contributed by atoms with van der Waals surface area (Å²) < 4.78 is 37.5. The fraction of sp³-hybridized carbons (Fsp3) is 0.692. The minimum atomic E-state index is -4.48. The van der Waals surface area contributed by atoms with Gasteiger partial charge in [0.2, 0.25) is 0 Å². The maximum Gasteiger partial charge on any atom is 0.408 e. The van der Waals surface area contributed by atoms with E-state index in [-0.39, 0.29) is 21.3 Å². The van der Waals surface area contributed by atoms with Gasteiger partial charge in [-0.25, -0.2) is 4.68 Å². The first-order chi connectivity index (χ1) is 9.38. The summed E-state index contributed by atoms with van der Waals surface area (Å²) in [7, 11) is 0. The summed E-state index contributed by atoms with van der Waals surface area (Å²) in [5, 5.41) is 6.78. The summed E-state index contributed by atoms with van der Waals surface area (Å²) in [6.07, 6.45) is -3.23. The number of hydrogen-bond acceptors (Lipinski definition) is 3. The first kappa shape index (κ1) is 16.3. The van der Waals surface area contributed by atoms with Gasteiger partial charge in [-0.3, -0.25) is 4.79 Å². The molecule has 0 bridgehead atoms. The van der Waals surface area contributed by atoms with Crippen LogP contribution in [0.3, 0.4) is 0 Å². The topological polar surface area (TPSA) is 46.9 Å². The highest BCUT2D eigenvalue weighted by Crippen LogP contribution is 2.63. The molecule has 1 aliphatic rings. The second-order valence-electron chi connectivity index (χ2n) is 6.47. The molecule has 0 aliphatic heterocycles. The third kappa shape index (κ3) is 2.82. The molecule has 1 aliphatic carbocycles. The molecule has 118 valence electrons. The Labute approximate surface area is 128 Å². The molecule has 8 heteroatoms. The monoisotopic (exact) mass is 367 g/mol. The number of rotatable bonds is 3. The van der Waals surface area contributed by atoms with Crippen molar-refractivity contribution in [3.8, 4) is 0 Å². The molecule has 21 heavy (non-hydrogen) atoms. The summed E-state index contributed by atoms with van der Waals surface area (Å²) >= 11 is 3.07. The fourth-order valence-electron chi connectivity index (χ4n) is 2.56. The minimum absolute atomic E-state index is 0.0350. The first-order valence-electron chi connectivity index (χ1n) is 6.47. The van der Waals surface area contributed by atoms with E-state index < -0.39 is 18.3 Å². The van der Waals surface area contributed by atoms with Crippen molar-refractivity contribution in [2.75, 3.05) is 5.32 Å². The number of anilines is 1. The molecule has 2 rings (SSSR count). The van der Waals surface area contributed by atoms with Crippen LogP contribution in [-0.2, 0) is 6.54 Å². The van der Waals surface area contributed by atoms with Crippen LogP contribution in [0.4, 0.5) is 18.9 Å². The molecular weight excluding hydrogens is 351 g/mol. The highest BCUT2D eigenvalue weighted by Gasteiger charge is 2.65. The standard InChI is InChI=1S/C13H17BrF3N3O/c1-11(2)10(12(11,3)4)19-7-5-18-20(6-13(15,16)17)9(21)8(7)14/h5,10,19H,6H2,1-4H3. The highest BCUT2D eigenvalue weighted by atomic mass is 79.9. The van der Waals surface area contributed by atoms with E-state index in [9.17, 15) is 18.0 Å². The van der Waals surface area contributed by atoms with Gasteiger partial charge < -0.3 is 5.32 Å². The van der Waals surface area contributed by atoms with Gasteiger partial charge in [0.25, 0.3) is 5.56 Å². The number of aromatic nitrogens is 2. The first-order valence-corrected chi connectivity index (χ1v) is 7.26. The molecule has 1 aromatic rings. The molecule has 0 amide bonds. The zero-order chi connectivity index (χ0) is 16.2. The van der Waals surface area contributed by atoms with Crippen molar-refractivity contribution >= 4 is 21.6 Å². The van der Waals surface area contributed by atoms with Crippen LogP contribution in [0.5, 0.6) is 0 Å². The number of alkyl halides is 3. The highest BCUT2D eigenvalue weighted by molar-refractivity contribution is 9.10. The Morgan fingerprint density at radius 3 is 2.29 bits per heavy atom. The van der Waals surface area contributed by atoms with Crippen LogP contribution in [0.2, 0.25) is 0 Å². The van der Waals surface area contributed by atoms with E-state index in [1.807, 2.05) is 0 Å². The van der Waals surface area contributed by atoms with Gasteiger partial charge in [-0.05, 0) is 26.8 Å². The summed E-state index contributed by atoms with van der Waals surface area (Å²) in [6, 6.07) is 0.126. The zero-order valence-corrected chi connectivity index (χ0v) is 13.8. The smallest absolute Gasteiger partial charge is 0.379 e. The second kappa shape index (κ2) is 4.72. The number of halogens is 4. The van der Waals surface area contributed by atoms with Crippen LogP contribution in [0, 0.1) is 10.8 Å². The third-order valence-electron chi connectivity index (χ3n) is 4.63. The number of hydrogen-bond donors (Lipinski definition) is 1. The molecule has 4 nitrogen and oxygen atoms in total. The van der Waals surface area contributed by atoms with E-state index in [2.05, 4.69) is 54.0 Å². The van der Waals surface area contributed by atoms with Crippen molar-refractivity contribution in [1.82, 2.24) is 9.78 Å². The Bertz CT molecular complexity index is 608. The van der Waals surface area contributed by atoms with E-state index in [0.717, 1.165) is 0 Å². The Morgan fingerprint density at radius 2 is 1.86 bits per heavy atom. The predicted molar refractivity (Wildman–Crippen MR) is 77.2 cm³/mol. The molecule has 0 aromatic carbocycles. The summed E-state index contributed by atoms with van der Waals surface area (Å²) in [6.45, 7) is 6.98. The average molecular weight is 368 g/mol. The van der Waals surface area contributed by atoms with E-state index >= 15 is 0 Å². The molecule has 1 fully saturated rings. The van der Waals surface area contributed by atoms with Crippen LogP contribution in [0.1, 0.15) is 27.7 Å². The lowest BCUT2D eigenvalue weighted by molar-refractivity contribution is -0.143. The van der Waals surface area contributed by atoms with Gasteiger partial charge in [0.05, 0.1) is 11.9 Å². The van der Waals surface area contributed by atoms with Gasteiger partial charge in [0.15, 0.2) is 0 Å². The van der Waals surface area contributed by atoms with Crippen molar-refractivity contribution in [3.63, 3.8) is 0 Å². The van der Waals surface area contributed by atoms with Crippen molar-refractivity contribution in [2.45, 2.75) is 46.5 Å². The second-order valence-corrected chi connectivity index (χ2v) is 7.26. The molecule has 0 spiro atoms. The van der Waals surface area contributed by atoms with E-state index in [0.29, 0.717) is 10.4 Å².